The maximum absolute atomic E-state index is 10.6. The number of pyridine rings is 1. The van der Waals surface area contributed by atoms with Gasteiger partial charge in [0.05, 0.1) is 11.5 Å². The van der Waals surface area contributed by atoms with Crippen LogP contribution in [-0.2, 0) is 19.3 Å². The molecule has 0 atom stereocenters. The number of non-ortho nitro benzene ring substituents is 1. The molecule has 0 aliphatic carbocycles. The standard InChI is InChI=1S/C18H22N2O3/c1-3-14-11-12-19-18(17(14)4-2)6-5-13-23-16-9-7-15(8-10-16)20(21)22/h7-12H,3-6,13H2,1-2H3. The van der Waals surface area contributed by atoms with E-state index in [1.54, 1.807) is 12.1 Å². The van der Waals surface area contributed by atoms with Crippen molar-refractivity contribution in [1.82, 2.24) is 4.98 Å². The van der Waals surface area contributed by atoms with Gasteiger partial charge in [-0.25, -0.2) is 0 Å². The van der Waals surface area contributed by atoms with E-state index < -0.39 is 4.92 Å². The molecular formula is C18H22N2O3. The monoisotopic (exact) mass is 314 g/mol. The van der Waals surface area contributed by atoms with Crippen molar-refractivity contribution < 1.29 is 9.66 Å². The molecule has 5 nitrogen and oxygen atoms in total. The number of hydrogen-bond donors (Lipinski definition) is 0. The molecule has 0 saturated carbocycles. The number of nitrogens with zero attached hydrogens (tertiary/aromatic N) is 2. The highest BCUT2D eigenvalue weighted by Crippen LogP contribution is 2.18. The van der Waals surface area contributed by atoms with E-state index in [0.717, 1.165) is 31.4 Å². The molecular weight excluding hydrogens is 292 g/mol. The van der Waals surface area contributed by atoms with Crippen molar-refractivity contribution in [3.8, 4) is 5.75 Å². The highest BCUT2D eigenvalue weighted by atomic mass is 16.6. The lowest BCUT2D eigenvalue weighted by atomic mass is 10.00. The fraction of sp³-hybridized carbons (Fsp3) is 0.389. The van der Waals surface area contributed by atoms with Crippen LogP contribution in [0.2, 0.25) is 0 Å². The van der Waals surface area contributed by atoms with Gasteiger partial charge in [0.2, 0.25) is 0 Å². The van der Waals surface area contributed by atoms with Crippen molar-refractivity contribution in [3.05, 3.63) is 63.5 Å². The second-order valence-corrected chi connectivity index (χ2v) is 5.31. The number of nitro benzene ring substituents is 1. The third-order valence-electron chi connectivity index (χ3n) is 3.85. The molecule has 1 aromatic carbocycles. The zero-order valence-corrected chi connectivity index (χ0v) is 13.6. The van der Waals surface area contributed by atoms with Crippen molar-refractivity contribution in [3.63, 3.8) is 0 Å². The van der Waals surface area contributed by atoms with Crippen LogP contribution >= 0.6 is 0 Å². The Balaban J connectivity index is 1.87. The highest BCUT2D eigenvalue weighted by molar-refractivity contribution is 5.36. The Morgan fingerprint density at radius 3 is 2.48 bits per heavy atom. The van der Waals surface area contributed by atoms with E-state index in [1.165, 1.54) is 23.3 Å². The lowest BCUT2D eigenvalue weighted by molar-refractivity contribution is -0.384. The molecule has 1 heterocycles. The van der Waals surface area contributed by atoms with Crippen LogP contribution in [0.3, 0.4) is 0 Å². The second-order valence-electron chi connectivity index (χ2n) is 5.31. The summed E-state index contributed by atoms with van der Waals surface area (Å²) in [5, 5.41) is 10.6. The third kappa shape index (κ3) is 4.52. The smallest absolute Gasteiger partial charge is 0.269 e. The first-order valence-electron chi connectivity index (χ1n) is 7.98. The van der Waals surface area contributed by atoms with Crippen molar-refractivity contribution in [2.75, 3.05) is 6.61 Å². The molecule has 2 rings (SSSR count). The molecule has 0 saturated heterocycles. The molecule has 122 valence electrons. The van der Waals surface area contributed by atoms with E-state index in [2.05, 4.69) is 24.9 Å². The van der Waals surface area contributed by atoms with Gasteiger partial charge in [0.25, 0.3) is 5.69 Å². The van der Waals surface area contributed by atoms with E-state index in [-0.39, 0.29) is 5.69 Å². The predicted octanol–water partition coefficient (Wildman–Crippen LogP) is 4.13. The molecule has 2 aromatic rings. The van der Waals surface area contributed by atoms with E-state index in [4.69, 9.17) is 4.74 Å². The summed E-state index contributed by atoms with van der Waals surface area (Å²) in [6, 6.07) is 8.26. The molecule has 0 N–H and O–H groups in total. The zero-order chi connectivity index (χ0) is 16.7. The largest absolute Gasteiger partial charge is 0.494 e. The first-order valence-corrected chi connectivity index (χ1v) is 7.98. The molecule has 0 unspecified atom stereocenters. The van der Waals surface area contributed by atoms with Gasteiger partial charge in [-0.15, -0.1) is 0 Å². The topological polar surface area (TPSA) is 65.3 Å². The number of ether oxygens (including phenoxy) is 1. The Kier molecular flexibility index (Phi) is 6.09. The molecule has 0 fully saturated rings. The normalized spacial score (nSPS) is 10.5. The maximum atomic E-state index is 10.6. The van der Waals surface area contributed by atoms with Crippen LogP contribution in [0.1, 0.15) is 37.1 Å². The summed E-state index contributed by atoms with van der Waals surface area (Å²) in [5.74, 6) is 0.654. The van der Waals surface area contributed by atoms with E-state index in [0.29, 0.717) is 12.4 Å². The fourth-order valence-electron chi connectivity index (χ4n) is 2.65. The Morgan fingerprint density at radius 1 is 1.13 bits per heavy atom. The lowest BCUT2D eigenvalue weighted by Gasteiger charge is -2.11. The Bertz CT molecular complexity index is 654. The van der Waals surface area contributed by atoms with Gasteiger partial charge < -0.3 is 4.74 Å². The average molecular weight is 314 g/mol. The minimum absolute atomic E-state index is 0.0746. The molecule has 0 spiro atoms. The lowest BCUT2D eigenvalue weighted by Crippen LogP contribution is -2.05. The average Bonchev–Trinajstić information content (AvgIpc) is 2.58. The molecule has 0 aliphatic rings. The number of benzene rings is 1. The summed E-state index contributed by atoms with van der Waals surface area (Å²) in [6.07, 6.45) is 5.65. The Hall–Kier alpha value is -2.43. The Morgan fingerprint density at radius 2 is 1.87 bits per heavy atom. The first-order chi connectivity index (χ1) is 11.2. The van der Waals surface area contributed by atoms with Crippen molar-refractivity contribution in [2.45, 2.75) is 39.5 Å². The van der Waals surface area contributed by atoms with E-state index >= 15 is 0 Å². The van der Waals surface area contributed by atoms with Crippen LogP contribution in [0.25, 0.3) is 0 Å². The summed E-state index contributed by atoms with van der Waals surface area (Å²) in [4.78, 5) is 14.7. The molecule has 0 aliphatic heterocycles. The summed E-state index contributed by atoms with van der Waals surface area (Å²) < 4.78 is 5.64. The second kappa shape index (κ2) is 8.27. The van der Waals surface area contributed by atoms with Gasteiger partial charge in [-0.2, -0.15) is 0 Å². The SMILES string of the molecule is CCc1ccnc(CCCOc2ccc([N+](=O)[O-])cc2)c1CC. The van der Waals surface area contributed by atoms with Gasteiger partial charge in [0.1, 0.15) is 5.75 Å². The van der Waals surface area contributed by atoms with Gasteiger partial charge in [-0.1, -0.05) is 13.8 Å². The van der Waals surface area contributed by atoms with Gasteiger partial charge in [0, 0.05) is 24.0 Å². The molecule has 0 amide bonds. The minimum atomic E-state index is -0.414. The molecule has 23 heavy (non-hydrogen) atoms. The first kappa shape index (κ1) is 16.9. The van der Waals surface area contributed by atoms with E-state index in [9.17, 15) is 10.1 Å². The fourth-order valence-corrected chi connectivity index (χ4v) is 2.65. The number of aryl methyl sites for hydroxylation is 2. The maximum Gasteiger partial charge on any atom is 0.269 e. The van der Waals surface area contributed by atoms with Crippen molar-refractivity contribution in [1.29, 1.82) is 0 Å². The van der Waals surface area contributed by atoms with Crippen LogP contribution in [0.15, 0.2) is 36.5 Å². The quantitative estimate of drug-likeness (QED) is 0.417. The van der Waals surface area contributed by atoms with Crippen LogP contribution < -0.4 is 4.74 Å². The molecule has 5 heteroatoms. The molecule has 0 bridgehead atoms. The molecule has 1 aromatic heterocycles. The zero-order valence-electron chi connectivity index (χ0n) is 13.6. The van der Waals surface area contributed by atoms with E-state index in [1.807, 2.05) is 6.20 Å². The highest BCUT2D eigenvalue weighted by Gasteiger charge is 2.07. The Labute approximate surface area is 136 Å². The van der Waals surface area contributed by atoms with Crippen molar-refractivity contribution >= 4 is 5.69 Å². The van der Waals surface area contributed by atoms with Gasteiger partial charge in [-0.3, -0.25) is 15.1 Å². The van der Waals surface area contributed by atoms with Gasteiger partial charge >= 0.3 is 0 Å². The summed E-state index contributed by atoms with van der Waals surface area (Å²) in [5.41, 5.74) is 3.95. The summed E-state index contributed by atoms with van der Waals surface area (Å²) in [6.45, 7) is 4.89. The van der Waals surface area contributed by atoms with Gasteiger partial charge in [0.15, 0.2) is 0 Å². The van der Waals surface area contributed by atoms with Crippen LogP contribution in [0.5, 0.6) is 5.75 Å². The number of aromatic nitrogens is 1. The minimum Gasteiger partial charge on any atom is -0.494 e. The number of hydrogen-bond acceptors (Lipinski definition) is 4. The van der Waals surface area contributed by atoms with Crippen molar-refractivity contribution in [2.24, 2.45) is 0 Å². The summed E-state index contributed by atoms with van der Waals surface area (Å²) >= 11 is 0. The number of nitro groups is 1. The van der Waals surface area contributed by atoms with Crippen LogP contribution in [-0.4, -0.2) is 16.5 Å². The van der Waals surface area contributed by atoms with Gasteiger partial charge in [-0.05, 0) is 55.0 Å². The van der Waals surface area contributed by atoms with Crippen LogP contribution in [0.4, 0.5) is 5.69 Å². The number of rotatable bonds is 8. The predicted molar refractivity (Wildman–Crippen MR) is 89.9 cm³/mol. The van der Waals surface area contributed by atoms with Crippen LogP contribution in [0, 0.1) is 10.1 Å². The summed E-state index contributed by atoms with van der Waals surface area (Å²) in [7, 11) is 0. The molecule has 0 radical (unpaired) electrons. The third-order valence-corrected chi connectivity index (χ3v) is 3.85.